The zero-order valence-electron chi connectivity index (χ0n) is 15.3. The number of para-hydroxylation sites is 1. The summed E-state index contributed by atoms with van der Waals surface area (Å²) in [6.45, 7) is 1.53. The maximum Gasteiger partial charge on any atom is 0.417 e. The predicted molar refractivity (Wildman–Crippen MR) is 96.5 cm³/mol. The van der Waals surface area contributed by atoms with Gasteiger partial charge in [-0.25, -0.2) is 4.98 Å². The fourth-order valence-electron chi connectivity index (χ4n) is 3.42. The number of benzene rings is 1. The Kier molecular flexibility index (Phi) is 4.49. The number of rotatable bonds is 3. The van der Waals surface area contributed by atoms with Crippen molar-refractivity contribution in [1.29, 1.82) is 0 Å². The van der Waals surface area contributed by atoms with Crippen LogP contribution in [0.15, 0.2) is 40.8 Å². The Labute approximate surface area is 163 Å². The number of nitrogens with zero attached hydrogens (tertiary/aromatic N) is 1. The molecular weight excluding hydrogens is 389 g/mol. The van der Waals surface area contributed by atoms with Crippen LogP contribution in [0, 0.1) is 6.92 Å². The van der Waals surface area contributed by atoms with Crippen LogP contribution in [-0.2, 0) is 11.8 Å². The minimum absolute atomic E-state index is 0.124. The smallest absolute Gasteiger partial charge is 0.417 e. The quantitative estimate of drug-likeness (QED) is 0.695. The molecule has 29 heavy (non-hydrogen) atoms. The van der Waals surface area contributed by atoms with Crippen molar-refractivity contribution >= 4 is 17.0 Å². The fourth-order valence-corrected chi connectivity index (χ4v) is 3.42. The van der Waals surface area contributed by atoms with Gasteiger partial charge in [0.2, 0.25) is 5.71 Å². The van der Waals surface area contributed by atoms with Crippen molar-refractivity contribution in [1.82, 2.24) is 10.3 Å². The molecule has 1 aliphatic rings. The van der Waals surface area contributed by atoms with Crippen LogP contribution in [0.4, 0.5) is 13.2 Å². The SMILES string of the molecule is Cc1cc(C(F)(F)F)c2cc(C(=O)NCC3(O)CCOc4ccccc43)oc2n1. The number of hydrogen-bond donors (Lipinski definition) is 2. The van der Waals surface area contributed by atoms with Crippen LogP contribution in [0.1, 0.15) is 33.8 Å². The Balaban J connectivity index is 1.59. The Bertz CT molecular complexity index is 1090. The van der Waals surface area contributed by atoms with E-state index in [1.165, 1.54) is 6.92 Å². The van der Waals surface area contributed by atoms with Gasteiger partial charge >= 0.3 is 6.18 Å². The first-order valence-corrected chi connectivity index (χ1v) is 8.89. The number of fused-ring (bicyclic) bond motifs is 2. The zero-order chi connectivity index (χ0) is 20.8. The highest BCUT2D eigenvalue weighted by atomic mass is 19.4. The standard InChI is InChI=1S/C20H17F3N2O4/c1-11-8-14(20(21,22)23)12-9-16(29-18(12)25-11)17(26)24-10-19(27)6-7-28-15-5-3-2-4-13(15)19/h2-5,8-9,27H,6-7,10H2,1H3,(H,24,26). The van der Waals surface area contributed by atoms with Gasteiger partial charge in [0.15, 0.2) is 5.76 Å². The van der Waals surface area contributed by atoms with Crippen LogP contribution >= 0.6 is 0 Å². The number of aryl methyl sites for hydroxylation is 1. The van der Waals surface area contributed by atoms with E-state index in [1.54, 1.807) is 24.3 Å². The lowest BCUT2D eigenvalue weighted by atomic mass is 9.88. The molecule has 0 radical (unpaired) electrons. The number of aromatic nitrogens is 1. The third-order valence-electron chi connectivity index (χ3n) is 4.87. The number of carbonyl (C=O) groups is 1. The van der Waals surface area contributed by atoms with E-state index in [4.69, 9.17) is 9.15 Å². The lowest BCUT2D eigenvalue weighted by molar-refractivity contribution is -0.136. The van der Waals surface area contributed by atoms with E-state index < -0.39 is 23.2 Å². The molecular formula is C20H17F3N2O4. The van der Waals surface area contributed by atoms with Gasteiger partial charge in [0.25, 0.3) is 5.91 Å². The summed E-state index contributed by atoms with van der Waals surface area (Å²) in [5.41, 5.74) is -1.88. The predicted octanol–water partition coefficient (Wildman–Crippen LogP) is 3.56. The van der Waals surface area contributed by atoms with E-state index in [2.05, 4.69) is 10.3 Å². The second-order valence-electron chi connectivity index (χ2n) is 6.95. The van der Waals surface area contributed by atoms with Crippen molar-refractivity contribution in [2.45, 2.75) is 25.1 Å². The normalized spacial score (nSPS) is 18.9. The van der Waals surface area contributed by atoms with Crippen LogP contribution in [0.2, 0.25) is 0 Å². The molecule has 0 saturated heterocycles. The van der Waals surface area contributed by atoms with Crippen molar-refractivity contribution < 1.29 is 32.2 Å². The van der Waals surface area contributed by atoms with Gasteiger partial charge in [0, 0.05) is 17.7 Å². The minimum Gasteiger partial charge on any atom is -0.493 e. The van der Waals surface area contributed by atoms with Gasteiger partial charge in [0.1, 0.15) is 11.4 Å². The highest BCUT2D eigenvalue weighted by Crippen LogP contribution is 2.37. The van der Waals surface area contributed by atoms with Gasteiger partial charge in [-0.3, -0.25) is 4.79 Å². The third-order valence-corrected chi connectivity index (χ3v) is 4.87. The first-order chi connectivity index (χ1) is 13.7. The topological polar surface area (TPSA) is 84.6 Å². The van der Waals surface area contributed by atoms with E-state index in [1.807, 2.05) is 0 Å². The fraction of sp³-hybridized carbons (Fsp3) is 0.300. The molecule has 2 aromatic heterocycles. The van der Waals surface area contributed by atoms with Gasteiger partial charge in [-0.1, -0.05) is 18.2 Å². The molecule has 2 N–H and O–H groups in total. The van der Waals surface area contributed by atoms with E-state index in [0.29, 0.717) is 11.3 Å². The molecule has 0 aliphatic carbocycles. The highest BCUT2D eigenvalue weighted by Gasteiger charge is 2.37. The monoisotopic (exact) mass is 406 g/mol. The average molecular weight is 406 g/mol. The number of furan rings is 1. The number of amides is 1. The Hall–Kier alpha value is -3.07. The van der Waals surface area contributed by atoms with E-state index in [9.17, 15) is 23.1 Å². The Morgan fingerprint density at radius 1 is 1.31 bits per heavy atom. The maximum atomic E-state index is 13.3. The molecule has 1 aromatic carbocycles. The van der Waals surface area contributed by atoms with Gasteiger partial charge in [-0.2, -0.15) is 13.2 Å². The molecule has 1 unspecified atom stereocenters. The third kappa shape index (κ3) is 3.53. The van der Waals surface area contributed by atoms with Crippen molar-refractivity contribution in [2.24, 2.45) is 0 Å². The van der Waals surface area contributed by atoms with Crippen molar-refractivity contribution in [3.8, 4) is 5.75 Å². The summed E-state index contributed by atoms with van der Waals surface area (Å²) in [7, 11) is 0. The summed E-state index contributed by atoms with van der Waals surface area (Å²) in [4.78, 5) is 16.4. The number of aliphatic hydroxyl groups is 1. The molecule has 1 atom stereocenters. The number of hydrogen-bond acceptors (Lipinski definition) is 5. The number of alkyl halides is 3. The number of carbonyl (C=O) groups excluding carboxylic acids is 1. The molecule has 4 rings (SSSR count). The molecule has 9 heteroatoms. The van der Waals surface area contributed by atoms with Crippen LogP contribution in [-0.4, -0.2) is 29.1 Å². The summed E-state index contributed by atoms with van der Waals surface area (Å²) in [5, 5.41) is 13.2. The Morgan fingerprint density at radius 3 is 2.83 bits per heavy atom. The van der Waals surface area contributed by atoms with Gasteiger partial charge in [-0.15, -0.1) is 0 Å². The molecule has 0 saturated carbocycles. The molecule has 6 nitrogen and oxygen atoms in total. The number of pyridine rings is 1. The second-order valence-corrected chi connectivity index (χ2v) is 6.95. The van der Waals surface area contributed by atoms with Gasteiger partial charge in [0.05, 0.1) is 24.1 Å². The Morgan fingerprint density at radius 2 is 2.07 bits per heavy atom. The molecule has 3 heterocycles. The molecule has 0 bridgehead atoms. The molecule has 1 amide bonds. The first-order valence-electron chi connectivity index (χ1n) is 8.89. The molecule has 1 aliphatic heterocycles. The summed E-state index contributed by atoms with van der Waals surface area (Å²) in [5.74, 6) is -0.535. The second kappa shape index (κ2) is 6.77. The molecule has 152 valence electrons. The van der Waals surface area contributed by atoms with E-state index >= 15 is 0 Å². The lowest BCUT2D eigenvalue weighted by Crippen LogP contribution is -2.43. The van der Waals surface area contributed by atoms with Gasteiger partial charge in [-0.05, 0) is 25.1 Å². The van der Waals surface area contributed by atoms with Crippen LogP contribution in [0.5, 0.6) is 5.75 Å². The first kappa shape index (κ1) is 19.3. The molecule has 3 aromatic rings. The molecule has 0 spiro atoms. The maximum absolute atomic E-state index is 13.3. The van der Waals surface area contributed by atoms with Crippen molar-refractivity contribution in [3.63, 3.8) is 0 Å². The van der Waals surface area contributed by atoms with Crippen LogP contribution in [0.3, 0.4) is 0 Å². The van der Waals surface area contributed by atoms with E-state index in [0.717, 1.165) is 12.1 Å². The van der Waals surface area contributed by atoms with Crippen LogP contribution < -0.4 is 10.1 Å². The molecule has 0 fully saturated rings. The van der Waals surface area contributed by atoms with Crippen LogP contribution in [0.25, 0.3) is 11.1 Å². The average Bonchev–Trinajstić information content (AvgIpc) is 3.09. The van der Waals surface area contributed by atoms with Gasteiger partial charge < -0.3 is 19.6 Å². The number of halogens is 3. The minimum atomic E-state index is -4.61. The zero-order valence-corrected chi connectivity index (χ0v) is 15.3. The van der Waals surface area contributed by atoms with E-state index in [-0.39, 0.29) is 42.1 Å². The summed E-state index contributed by atoms with van der Waals surface area (Å²) >= 11 is 0. The summed E-state index contributed by atoms with van der Waals surface area (Å²) < 4.78 is 50.6. The largest absolute Gasteiger partial charge is 0.493 e. The highest BCUT2D eigenvalue weighted by molar-refractivity contribution is 5.96. The van der Waals surface area contributed by atoms with Crippen molar-refractivity contribution in [3.05, 3.63) is 59.0 Å². The lowest BCUT2D eigenvalue weighted by Gasteiger charge is -2.34. The summed E-state index contributed by atoms with van der Waals surface area (Å²) in [6.07, 6.45) is -4.35. The number of ether oxygens (including phenoxy) is 1. The summed E-state index contributed by atoms with van der Waals surface area (Å²) in [6, 6.07) is 8.84. The van der Waals surface area contributed by atoms with Crippen molar-refractivity contribution in [2.75, 3.05) is 13.2 Å². The number of nitrogens with one attached hydrogen (secondary N) is 1.